The zero-order valence-corrected chi connectivity index (χ0v) is 10.4. The first-order valence-electron chi connectivity index (χ1n) is 5.74. The monoisotopic (exact) mass is 260 g/mol. The average Bonchev–Trinajstić information content (AvgIpc) is 2.38. The maximum Gasteiger partial charge on any atom is 0.262 e. The number of hydrogen-bond donors (Lipinski definition) is 1. The number of benzene rings is 1. The zero-order valence-electron chi connectivity index (χ0n) is 10.4. The van der Waals surface area contributed by atoms with E-state index in [2.05, 4.69) is 10.3 Å². The van der Waals surface area contributed by atoms with Crippen molar-refractivity contribution in [1.29, 1.82) is 0 Å². The molecule has 1 aromatic heterocycles. The quantitative estimate of drug-likeness (QED) is 0.919. The van der Waals surface area contributed by atoms with E-state index >= 15 is 0 Å². The van der Waals surface area contributed by atoms with Gasteiger partial charge in [0, 0.05) is 18.0 Å². The van der Waals surface area contributed by atoms with E-state index in [9.17, 15) is 9.18 Å². The molecule has 0 aliphatic heterocycles. The van der Waals surface area contributed by atoms with Gasteiger partial charge in [0.15, 0.2) is 6.61 Å². The Kier molecular flexibility index (Phi) is 4.07. The Labute approximate surface area is 110 Å². The molecule has 0 saturated carbocycles. The number of aromatic nitrogens is 1. The third-order valence-electron chi connectivity index (χ3n) is 2.34. The molecule has 1 heterocycles. The van der Waals surface area contributed by atoms with Gasteiger partial charge in [-0.1, -0.05) is 12.1 Å². The number of nitrogens with zero attached hydrogens (tertiary/aromatic N) is 1. The largest absolute Gasteiger partial charge is 0.468 e. The van der Waals surface area contributed by atoms with Gasteiger partial charge in [-0.3, -0.25) is 4.79 Å². The molecule has 2 rings (SSSR count). The predicted octanol–water partition coefficient (Wildman–Crippen LogP) is 2.55. The fourth-order valence-corrected chi connectivity index (χ4v) is 1.44. The summed E-state index contributed by atoms with van der Waals surface area (Å²) in [6, 6.07) is 9.19. The van der Waals surface area contributed by atoms with Gasteiger partial charge in [-0.15, -0.1) is 0 Å². The predicted molar refractivity (Wildman–Crippen MR) is 69.5 cm³/mol. The van der Waals surface area contributed by atoms with Crippen LogP contribution in [0.3, 0.4) is 0 Å². The van der Waals surface area contributed by atoms with E-state index in [1.807, 2.05) is 13.0 Å². The summed E-state index contributed by atoms with van der Waals surface area (Å²) in [5.41, 5.74) is 1.40. The van der Waals surface area contributed by atoms with Crippen LogP contribution in [0.15, 0.2) is 42.6 Å². The molecule has 0 radical (unpaired) electrons. The molecule has 0 spiro atoms. The maximum absolute atomic E-state index is 12.9. The van der Waals surface area contributed by atoms with Gasteiger partial charge < -0.3 is 10.1 Å². The van der Waals surface area contributed by atoms with E-state index in [1.165, 1.54) is 18.2 Å². The summed E-state index contributed by atoms with van der Waals surface area (Å²) >= 11 is 0. The molecule has 5 heteroatoms. The molecule has 0 bridgehead atoms. The van der Waals surface area contributed by atoms with Crippen LogP contribution in [-0.4, -0.2) is 17.5 Å². The lowest BCUT2D eigenvalue weighted by Gasteiger charge is -2.07. The Hall–Kier alpha value is -2.43. The second kappa shape index (κ2) is 5.95. The van der Waals surface area contributed by atoms with Gasteiger partial charge in [0.25, 0.3) is 5.91 Å². The van der Waals surface area contributed by atoms with Crippen molar-refractivity contribution in [2.45, 2.75) is 6.92 Å². The Morgan fingerprint density at radius 1 is 1.37 bits per heavy atom. The summed E-state index contributed by atoms with van der Waals surface area (Å²) in [4.78, 5) is 15.6. The number of aryl methyl sites for hydroxylation is 1. The smallest absolute Gasteiger partial charge is 0.262 e. The molecule has 1 N–H and O–H groups in total. The van der Waals surface area contributed by atoms with Crippen LogP contribution in [0.1, 0.15) is 5.56 Å². The minimum absolute atomic E-state index is 0.174. The number of nitrogens with one attached hydrogen (secondary N) is 1. The third kappa shape index (κ3) is 4.06. The first-order chi connectivity index (χ1) is 9.13. The first-order valence-corrected chi connectivity index (χ1v) is 5.74. The van der Waals surface area contributed by atoms with Gasteiger partial charge in [0.1, 0.15) is 5.82 Å². The van der Waals surface area contributed by atoms with E-state index < -0.39 is 5.82 Å². The fourth-order valence-electron chi connectivity index (χ4n) is 1.44. The highest BCUT2D eigenvalue weighted by Crippen LogP contribution is 2.10. The normalized spacial score (nSPS) is 10.0. The van der Waals surface area contributed by atoms with Crippen molar-refractivity contribution in [3.05, 3.63) is 54.0 Å². The van der Waals surface area contributed by atoms with Crippen LogP contribution < -0.4 is 10.1 Å². The van der Waals surface area contributed by atoms with Gasteiger partial charge in [0.05, 0.1) is 0 Å². The molecule has 0 aliphatic rings. The number of amides is 1. The number of halogens is 1. The molecule has 2 aromatic rings. The van der Waals surface area contributed by atoms with Gasteiger partial charge in [0.2, 0.25) is 5.88 Å². The molecule has 0 aliphatic carbocycles. The molecule has 0 saturated heterocycles. The molecule has 1 amide bonds. The number of pyridine rings is 1. The highest BCUT2D eigenvalue weighted by atomic mass is 19.1. The Morgan fingerprint density at radius 3 is 2.89 bits per heavy atom. The minimum atomic E-state index is -0.404. The van der Waals surface area contributed by atoms with Crippen molar-refractivity contribution in [2.24, 2.45) is 0 Å². The van der Waals surface area contributed by atoms with Gasteiger partial charge in [-0.2, -0.15) is 0 Å². The van der Waals surface area contributed by atoms with Crippen LogP contribution in [-0.2, 0) is 4.79 Å². The third-order valence-corrected chi connectivity index (χ3v) is 2.34. The van der Waals surface area contributed by atoms with Crippen molar-refractivity contribution in [3.63, 3.8) is 0 Å². The average molecular weight is 260 g/mol. The summed E-state index contributed by atoms with van der Waals surface area (Å²) in [5, 5.41) is 2.53. The molecule has 0 atom stereocenters. The van der Waals surface area contributed by atoms with Crippen LogP contribution in [0.4, 0.5) is 10.1 Å². The minimum Gasteiger partial charge on any atom is -0.468 e. The summed E-state index contributed by atoms with van der Waals surface area (Å²) < 4.78 is 18.1. The van der Waals surface area contributed by atoms with Crippen LogP contribution in [0, 0.1) is 12.7 Å². The maximum atomic E-state index is 12.9. The second-order valence-electron chi connectivity index (χ2n) is 4.02. The highest BCUT2D eigenvalue weighted by Gasteiger charge is 2.04. The molecular formula is C14H13FN2O2. The van der Waals surface area contributed by atoms with E-state index in [4.69, 9.17) is 4.74 Å². The second-order valence-corrected chi connectivity index (χ2v) is 4.02. The number of anilines is 1. The van der Waals surface area contributed by atoms with Crippen LogP contribution in [0.2, 0.25) is 0 Å². The van der Waals surface area contributed by atoms with Crippen LogP contribution in [0.25, 0.3) is 0 Å². The SMILES string of the molecule is Cc1ccc(OCC(=O)Nc2cccc(F)c2)nc1. The molecule has 4 nitrogen and oxygen atoms in total. The molecule has 19 heavy (non-hydrogen) atoms. The first kappa shape index (κ1) is 13.0. The summed E-state index contributed by atoms with van der Waals surface area (Å²) in [6.45, 7) is 1.74. The number of ether oxygens (including phenoxy) is 1. The number of hydrogen-bond acceptors (Lipinski definition) is 3. The molecule has 98 valence electrons. The number of rotatable bonds is 4. The summed E-state index contributed by atoms with van der Waals surface area (Å²) in [5.74, 6) is -0.396. The topological polar surface area (TPSA) is 51.2 Å². The van der Waals surface area contributed by atoms with E-state index in [0.29, 0.717) is 11.6 Å². The van der Waals surface area contributed by atoms with E-state index in [1.54, 1.807) is 18.3 Å². The van der Waals surface area contributed by atoms with E-state index in [-0.39, 0.29) is 12.5 Å². The summed E-state index contributed by atoms with van der Waals surface area (Å²) in [6.07, 6.45) is 1.65. The van der Waals surface area contributed by atoms with Gasteiger partial charge >= 0.3 is 0 Å². The fraction of sp³-hybridized carbons (Fsp3) is 0.143. The van der Waals surface area contributed by atoms with Gasteiger partial charge in [-0.25, -0.2) is 9.37 Å². The standard InChI is InChI=1S/C14H13FN2O2/c1-10-5-6-14(16-8-10)19-9-13(18)17-12-4-2-3-11(15)7-12/h2-8H,9H2,1H3,(H,17,18). The lowest BCUT2D eigenvalue weighted by Crippen LogP contribution is -2.20. The van der Waals surface area contributed by atoms with Crippen molar-refractivity contribution < 1.29 is 13.9 Å². The van der Waals surface area contributed by atoms with Gasteiger partial charge in [-0.05, 0) is 30.7 Å². The van der Waals surface area contributed by atoms with Crippen molar-refractivity contribution in [1.82, 2.24) is 4.98 Å². The zero-order chi connectivity index (χ0) is 13.7. The van der Waals surface area contributed by atoms with Crippen LogP contribution >= 0.6 is 0 Å². The van der Waals surface area contributed by atoms with Crippen molar-refractivity contribution in [3.8, 4) is 5.88 Å². The number of carbonyl (C=O) groups is 1. The van der Waals surface area contributed by atoms with Crippen LogP contribution in [0.5, 0.6) is 5.88 Å². The lowest BCUT2D eigenvalue weighted by atomic mass is 10.3. The molecule has 0 fully saturated rings. The molecule has 0 unspecified atom stereocenters. The summed E-state index contributed by atoms with van der Waals surface area (Å²) in [7, 11) is 0. The van der Waals surface area contributed by atoms with Crippen molar-refractivity contribution >= 4 is 11.6 Å². The Morgan fingerprint density at radius 2 is 2.21 bits per heavy atom. The Balaban J connectivity index is 1.86. The number of carbonyl (C=O) groups excluding carboxylic acids is 1. The molecular weight excluding hydrogens is 247 g/mol. The highest BCUT2D eigenvalue weighted by molar-refractivity contribution is 5.91. The lowest BCUT2D eigenvalue weighted by molar-refractivity contribution is -0.118. The Bertz CT molecular complexity index is 570. The molecule has 1 aromatic carbocycles. The van der Waals surface area contributed by atoms with E-state index in [0.717, 1.165) is 5.56 Å². The van der Waals surface area contributed by atoms with Crippen molar-refractivity contribution in [2.75, 3.05) is 11.9 Å².